The maximum atomic E-state index is 9.15. The summed E-state index contributed by atoms with van der Waals surface area (Å²) in [7, 11) is 0. The van der Waals surface area contributed by atoms with Crippen molar-refractivity contribution in [3.05, 3.63) is 33.5 Å². The Labute approximate surface area is 112 Å². The Morgan fingerprint density at radius 2 is 2.18 bits per heavy atom. The predicted molar refractivity (Wildman–Crippen MR) is 69.8 cm³/mol. The zero-order chi connectivity index (χ0) is 12.4. The summed E-state index contributed by atoms with van der Waals surface area (Å²) in [6.45, 7) is 2.56. The van der Waals surface area contributed by atoms with Crippen molar-refractivity contribution in [1.29, 1.82) is 0 Å². The molecule has 0 aliphatic carbocycles. The van der Waals surface area contributed by atoms with E-state index in [1.54, 1.807) is 0 Å². The lowest BCUT2D eigenvalue weighted by atomic mass is 10.2. The molecule has 0 unspecified atom stereocenters. The van der Waals surface area contributed by atoms with Crippen molar-refractivity contribution < 1.29 is 5.11 Å². The van der Waals surface area contributed by atoms with E-state index in [0.717, 1.165) is 10.0 Å². The molecule has 6 heteroatoms. The van der Waals surface area contributed by atoms with Crippen molar-refractivity contribution in [2.45, 2.75) is 20.1 Å². The number of nitrogens with zero attached hydrogens (tertiary/aromatic N) is 3. The van der Waals surface area contributed by atoms with Crippen molar-refractivity contribution >= 4 is 27.5 Å². The van der Waals surface area contributed by atoms with E-state index in [4.69, 9.17) is 16.7 Å². The number of halogens is 2. The van der Waals surface area contributed by atoms with Gasteiger partial charge in [-0.2, -0.15) is 0 Å². The van der Waals surface area contributed by atoms with Gasteiger partial charge in [-0.3, -0.25) is 0 Å². The van der Waals surface area contributed by atoms with Crippen LogP contribution in [0.4, 0.5) is 0 Å². The fraction of sp³-hybridized carbons (Fsp3) is 0.273. The summed E-state index contributed by atoms with van der Waals surface area (Å²) in [5.74, 6) is 1.27. The van der Waals surface area contributed by atoms with Crippen LogP contribution in [0.15, 0.2) is 22.7 Å². The van der Waals surface area contributed by atoms with Crippen LogP contribution in [0, 0.1) is 0 Å². The molecule has 0 fully saturated rings. The number of aromatic nitrogens is 3. The first kappa shape index (κ1) is 12.5. The molecule has 0 saturated heterocycles. The molecule has 0 aliphatic heterocycles. The van der Waals surface area contributed by atoms with Gasteiger partial charge in [0.25, 0.3) is 0 Å². The highest BCUT2D eigenvalue weighted by molar-refractivity contribution is 9.10. The molecule has 2 aromatic rings. The van der Waals surface area contributed by atoms with Gasteiger partial charge in [0, 0.05) is 16.6 Å². The highest BCUT2D eigenvalue weighted by Gasteiger charge is 2.12. The Hall–Kier alpha value is -0.910. The average molecular weight is 317 g/mol. The topological polar surface area (TPSA) is 50.9 Å². The number of aliphatic hydroxyl groups is 1. The van der Waals surface area contributed by atoms with Crippen molar-refractivity contribution in [2.24, 2.45) is 0 Å². The lowest BCUT2D eigenvalue weighted by Crippen LogP contribution is -2.03. The van der Waals surface area contributed by atoms with Crippen LogP contribution >= 0.6 is 27.5 Å². The number of rotatable bonds is 3. The third-order valence-electron chi connectivity index (χ3n) is 2.46. The van der Waals surface area contributed by atoms with Gasteiger partial charge in [0.2, 0.25) is 0 Å². The quantitative estimate of drug-likeness (QED) is 0.947. The number of hydrogen-bond acceptors (Lipinski definition) is 3. The highest BCUT2D eigenvalue weighted by Crippen LogP contribution is 2.28. The third-order valence-corrected chi connectivity index (χ3v) is 3.70. The van der Waals surface area contributed by atoms with E-state index in [2.05, 4.69) is 26.1 Å². The molecule has 1 heterocycles. The minimum Gasteiger partial charge on any atom is -0.388 e. The van der Waals surface area contributed by atoms with Crippen LogP contribution in [0.5, 0.6) is 0 Å². The Morgan fingerprint density at radius 1 is 1.41 bits per heavy atom. The summed E-state index contributed by atoms with van der Waals surface area (Å²) >= 11 is 9.39. The van der Waals surface area contributed by atoms with E-state index < -0.39 is 0 Å². The Morgan fingerprint density at radius 3 is 2.76 bits per heavy atom. The standard InChI is InChI=1S/C11H11BrClN3O/c1-2-16-10(6-17)14-15-11(16)7-3-4-8(12)9(13)5-7/h3-5,17H,2,6H2,1H3. The smallest absolute Gasteiger partial charge is 0.164 e. The van der Waals surface area contributed by atoms with Crippen LogP contribution in [0.2, 0.25) is 5.02 Å². The first-order valence-corrected chi connectivity index (χ1v) is 6.32. The minimum atomic E-state index is -0.120. The zero-order valence-electron chi connectivity index (χ0n) is 9.19. The van der Waals surface area contributed by atoms with Crippen LogP contribution in [0.25, 0.3) is 11.4 Å². The third kappa shape index (κ3) is 2.36. The molecular formula is C11H11BrClN3O. The molecule has 1 aromatic carbocycles. The monoisotopic (exact) mass is 315 g/mol. The van der Waals surface area contributed by atoms with Crippen LogP contribution < -0.4 is 0 Å². The summed E-state index contributed by atoms with van der Waals surface area (Å²) in [4.78, 5) is 0. The molecule has 0 saturated carbocycles. The maximum Gasteiger partial charge on any atom is 0.164 e. The number of benzene rings is 1. The largest absolute Gasteiger partial charge is 0.388 e. The molecule has 1 N–H and O–H groups in total. The van der Waals surface area contributed by atoms with Gasteiger partial charge >= 0.3 is 0 Å². The normalized spacial score (nSPS) is 10.8. The van der Waals surface area contributed by atoms with E-state index in [-0.39, 0.29) is 6.61 Å². The summed E-state index contributed by atoms with van der Waals surface area (Å²) < 4.78 is 2.70. The lowest BCUT2D eigenvalue weighted by molar-refractivity contribution is 0.265. The molecule has 0 radical (unpaired) electrons. The van der Waals surface area contributed by atoms with Gasteiger partial charge in [-0.1, -0.05) is 11.6 Å². The van der Waals surface area contributed by atoms with Crippen LogP contribution in [0.1, 0.15) is 12.7 Å². The van der Waals surface area contributed by atoms with E-state index in [0.29, 0.717) is 23.2 Å². The second-order valence-corrected chi connectivity index (χ2v) is 4.73. The molecule has 4 nitrogen and oxygen atoms in total. The van der Waals surface area contributed by atoms with Crippen molar-refractivity contribution in [1.82, 2.24) is 14.8 Å². The van der Waals surface area contributed by atoms with E-state index in [9.17, 15) is 0 Å². The van der Waals surface area contributed by atoms with E-state index in [1.165, 1.54) is 0 Å². The molecule has 0 spiro atoms. The van der Waals surface area contributed by atoms with Gasteiger partial charge in [0.05, 0.1) is 5.02 Å². The Kier molecular flexibility index (Phi) is 3.81. The summed E-state index contributed by atoms with van der Waals surface area (Å²) in [5, 5.41) is 17.8. The summed E-state index contributed by atoms with van der Waals surface area (Å²) in [6.07, 6.45) is 0. The fourth-order valence-electron chi connectivity index (χ4n) is 1.63. The SMILES string of the molecule is CCn1c(CO)nnc1-c1ccc(Br)c(Cl)c1. The predicted octanol–water partition coefficient (Wildman–Crippen LogP) is 2.87. The minimum absolute atomic E-state index is 0.120. The molecule has 90 valence electrons. The average Bonchev–Trinajstić information content (AvgIpc) is 2.75. The first-order chi connectivity index (χ1) is 8.17. The zero-order valence-corrected chi connectivity index (χ0v) is 11.5. The Balaban J connectivity index is 2.52. The van der Waals surface area contributed by atoms with Crippen LogP contribution in [-0.4, -0.2) is 19.9 Å². The van der Waals surface area contributed by atoms with Crippen LogP contribution in [0.3, 0.4) is 0 Å². The molecule has 0 atom stereocenters. The molecule has 0 amide bonds. The molecule has 0 aliphatic rings. The number of hydrogen-bond donors (Lipinski definition) is 1. The van der Waals surface area contributed by atoms with Crippen molar-refractivity contribution in [3.63, 3.8) is 0 Å². The highest BCUT2D eigenvalue weighted by atomic mass is 79.9. The fourth-order valence-corrected chi connectivity index (χ4v) is 2.06. The van der Waals surface area contributed by atoms with Crippen molar-refractivity contribution in [2.75, 3.05) is 0 Å². The van der Waals surface area contributed by atoms with Gasteiger partial charge in [-0.25, -0.2) is 0 Å². The van der Waals surface area contributed by atoms with Crippen LogP contribution in [-0.2, 0) is 13.2 Å². The summed E-state index contributed by atoms with van der Waals surface area (Å²) in [6, 6.07) is 5.60. The number of aliphatic hydroxyl groups excluding tert-OH is 1. The van der Waals surface area contributed by atoms with Gasteiger partial charge in [0.15, 0.2) is 11.6 Å². The first-order valence-electron chi connectivity index (χ1n) is 5.15. The van der Waals surface area contributed by atoms with Crippen molar-refractivity contribution in [3.8, 4) is 11.4 Å². The lowest BCUT2D eigenvalue weighted by Gasteiger charge is -2.06. The van der Waals surface area contributed by atoms with E-state index in [1.807, 2.05) is 29.7 Å². The Bertz CT molecular complexity index is 542. The van der Waals surface area contributed by atoms with Gasteiger partial charge in [0.1, 0.15) is 6.61 Å². The van der Waals surface area contributed by atoms with Gasteiger partial charge < -0.3 is 9.67 Å². The molecular weight excluding hydrogens is 305 g/mol. The van der Waals surface area contributed by atoms with Gasteiger partial charge in [-0.05, 0) is 41.1 Å². The molecule has 2 rings (SSSR count). The van der Waals surface area contributed by atoms with Gasteiger partial charge in [-0.15, -0.1) is 10.2 Å². The summed E-state index contributed by atoms with van der Waals surface area (Å²) in [5.41, 5.74) is 0.882. The maximum absolute atomic E-state index is 9.15. The molecule has 0 bridgehead atoms. The van der Waals surface area contributed by atoms with E-state index >= 15 is 0 Å². The molecule has 1 aromatic heterocycles. The molecule has 17 heavy (non-hydrogen) atoms. The second kappa shape index (κ2) is 5.16. The second-order valence-electron chi connectivity index (χ2n) is 3.47.